The highest BCUT2D eigenvalue weighted by atomic mass is 35.5. The predicted octanol–water partition coefficient (Wildman–Crippen LogP) is 6.28. The molecule has 33 heavy (non-hydrogen) atoms. The van der Waals surface area contributed by atoms with E-state index in [-0.39, 0.29) is 22.0 Å². The second-order valence-corrected chi connectivity index (χ2v) is 7.79. The second kappa shape index (κ2) is 9.64. The molecule has 0 bridgehead atoms. The zero-order valence-electron chi connectivity index (χ0n) is 17.1. The lowest BCUT2D eigenvalue weighted by Gasteiger charge is -2.18. The summed E-state index contributed by atoms with van der Waals surface area (Å²) in [6.45, 7) is 0. The number of benzene rings is 2. The Morgan fingerprint density at radius 1 is 1.18 bits per heavy atom. The molecular weight excluding hydrogens is 475 g/mol. The van der Waals surface area contributed by atoms with Crippen LogP contribution in [-0.2, 0) is 11.8 Å². The van der Waals surface area contributed by atoms with E-state index in [9.17, 15) is 13.6 Å². The lowest BCUT2D eigenvalue weighted by molar-refractivity contribution is 0.0809. The number of carbonyl (C=O) groups is 1. The number of ether oxygens (including phenoxy) is 2. The molecule has 1 amide bonds. The summed E-state index contributed by atoms with van der Waals surface area (Å²) < 4.78 is 40.1. The minimum atomic E-state index is -2.98. The number of hydrogen-bond acceptors (Lipinski definition) is 4. The summed E-state index contributed by atoms with van der Waals surface area (Å²) >= 11 is 12.2. The molecule has 170 valence electrons. The minimum Gasteiger partial charge on any atom is -0.475 e. The minimum absolute atomic E-state index is 0.152. The van der Waals surface area contributed by atoms with Crippen molar-refractivity contribution in [3.8, 4) is 22.8 Å². The van der Waals surface area contributed by atoms with E-state index in [0.29, 0.717) is 16.3 Å². The fraction of sp³-hybridized carbons (Fsp3) is 0.130. The number of halogens is 4. The fourth-order valence-corrected chi connectivity index (χ4v) is 3.77. The third-order valence-corrected chi connectivity index (χ3v) is 5.27. The first kappa shape index (κ1) is 22.8. The van der Waals surface area contributed by atoms with Crippen LogP contribution < -0.4 is 10.1 Å². The number of hydrogen-bond donors (Lipinski definition) is 1. The lowest BCUT2D eigenvalue weighted by atomic mass is 10.0. The van der Waals surface area contributed by atoms with Crippen molar-refractivity contribution in [1.29, 1.82) is 0 Å². The van der Waals surface area contributed by atoms with Crippen molar-refractivity contribution in [2.45, 2.75) is 12.7 Å². The second-order valence-electron chi connectivity index (χ2n) is 6.95. The zero-order valence-corrected chi connectivity index (χ0v) is 18.6. The third-order valence-electron chi connectivity index (χ3n) is 4.74. The summed E-state index contributed by atoms with van der Waals surface area (Å²) in [6.07, 6.45) is 2.49. The molecule has 2 heterocycles. The molecule has 0 saturated carbocycles. The van der Waals surface area contributed by atoms with Gasteiger partial charge in [0.25, 0.3) is 12.3 Å². The van der Waals surface area contributed by atoms with Crippen molar-refractivity contribution in [2.24, 2.45) is 7.05 Å². The van der Waals surface area contributed by atoms with Crippen LogP contribution in [0.2, 0.25) is 10.0 Å². The average Bonchev–Trinajstić information content (AvgIpc) is 3.14. The molecule has 0 spiro atoms. The number of nitrogens with one attached hydrogen (secondary N) is 1. The van der Waals surface area contributed by atoms with Gasteiger partial charge in [0.05, 0.1) is 22.5 Å². The number of rotatable bonds is 6. The van der Waals surface area contributed by atoms with Gasteiger partial charge in [0.1, 0.15) is 17.2 Å². The van der Waals surface area contributed by atoms with Crippen LogP contribution in [0.4, 0.5) is 8.78 Å². The molecule has 0 radical (unpaired) electrons. The molecule has 10 heteroatoms. The maximum atomic E-state index is 13.8. The van der Waals surface area contributed by atoms with Gasteiger partial charge in [-0.05, 0) is 42.5 Å². The molecule has 4 rings (SSSR count). The molecule has 1 N–H and O–H groups in total. The monoisotopic (exact) mass is 491 g/mol. The molecule has 2 aromatic carbocycles. The van der Waals surface area contributed by atoms with E-state index in [4.69, 9.17) is 32.7 Å². The van der Waals surface area contributed by atoms with Gasteiger partial charge in [-0.15, -0.1) is 0 Å². The Morgan fingerprint density at radius 2 is 1.97 bits per heavy atom. The number of para-hydroxylation sites is 1. The molecule has 3 aromatic rings. The molecule has 1 atom stereocenters. The molecule has 1 aliphatic heterocycles. The number of amides is 1. The Morgan fingerprint density at radius 3 is 2.67 bits per heavy atom. The number of aryl methyl sites for hydroxylation is 1. The van der Waals surface area contributed by atoms with Gasteiger partial charge in [0.2, 0.25) is 0 Å². The van der Waals surface area contributed by atoms with Crippen LogP contribution >= 0.6 is 23.2 Å². The first-order valence-corrected chi connectivity index (χ1v) is 10.5. The van der Waals surface area contributed by atoms with Crippen LogP contribution in [0.25, 0.3) is 11.3 Å². The summed E-state index contributed by atoms with van der Waals surface area (Å²) in [7, 11) is 1.48. The smallest absolute Gasteiger partial charge is 0.282 e. The van der Waals surface area contributed by atoms with E-state index in [1.165, 1.54) is 24.1 Å². The van der Waals surface area contributed by atoms with Crippen LogP contribution in [-0.4, -0.2) is 21.9 Å². The van der Waals surface area contributed by atoms with Crippen LogP contribution in [0, 0.1) is 0 Å². The summed E-state index contributed by atoms with van der Waals surface area (Å²) in [4.78, 5) is 13.1. The van der Waals surface area contributed by atoms with Gasteiger partial charge in [0.15, 0.2) is 6.23 Å². The normalized spacial score (nSPS) is 14.9. The van der Waals surface area contributed by atoms with Crippen molar-refractivity contribution in [1.82, 2.24) is 15.1 Å². The summed E-state index contributed by atoms with van der Waals surface area (Å²) in [5.41, 5.74) is -0.411. The van der Waals surface area contributed by atoms with Gasteiger partial charge in [-0.2, -0.15) is 5.10 Å². The van der Waals surface area contributed by atoms with E-state index in [1.54, 1.807) is 54.6 Å². The molecule has 1 aliphatic rings. The van der Waals surface area contributed by atoms with Gasteiger partial charge in [0, 0.05) is 17.6 Å². The average molecular weight is 492 g/mol. The van der Waals surface area contributed by atoms with Gasteiger partial charge in [-0.1, -0.05) is 41.4 Å². The van der Waals surface area contributed by atoms with Crippen LogP contribution in [0.15, 0.2) is 67.0 Å². The van der Waals surface area contributed by atoms with Gasteiger partial charge >= 0.3 is 0 Å². The van der Waals surface area contributed by atoms with Crippen LogP contribution in [0.5, 0.6) is 11.5 Å². The number of alkyl halides is 2. The Kier molecular flexibility index (Phi) is 6.67. The Balaban J connectivity index is 1.78. The lowest BCUT2D eigenvalue weighted by Crippen LogP contribution is -2.35. The quantitative estimate of drug-likeness (QED) is 0.440. The van der Waals surface area contributed by atoms with Crippen LogP contribution in [0.3, 0.4) is 0 Å². The summed E-state index contributed by atoms with van der Waals surface area (Å²) in [5.74, 6) is -0.169. The van der Waals surface area contributed by atoms with Crippen molar-refractivity contribution >= 4 is 29.1 Å². The highest BCUT2D eigenvalue weighted by molar-refractivity contribution is 6.35. The Bertz CT molecular complexity index is 1260. The molecule has 1 unspecified atom stereocenters. The maximum Gasteiger partial charge on any atom is 0.282 e. The van der Waals surface area contributed by atoms with Crippen molar-refractivity contribution in [3.05, 3.63) is 88.3 Å². The predicted molar refractivity (Wildman–Crippen MR) is 121 cm³/mol. The number of nitrogens with zero attached hydrogens (tertiary/aromatic N) is 2. The standard InChI is InChI=1S/C23H17Cl2F2N3O3/c1-30-21(14-6-2-3-7-16(14)33-17-10-9-13(24)12-15(17)25)19(20(29-30)22(26)27)23(31)28-18-8-4-5-11-32-18/h2-12,18,22H,1H3,(H,28,31). The Hall–Kier alpha value is -3.36. The first-order chi connectivity index (χ1) is 15.8. The number of aromatic nitrogens is 2. The fourth-order valence-electron chi connectivity index (χ4n) is 3.33. The van der Waals surface area contributed by atoms with Crippen molar-refractivity contribution < 1.29 is 23.0 Å². The highest BCUT2D eigenvalue weighted by Crippen LogP contribution is 2.40. The molecule has 0 saturated heterocycles. The molecular formula is C23H17Cl2F2N3O3. The van der Waals surface area contributed by atoms with E-state index in [2.05, 4.69) is 10.4 Å². The summed E-state index contributed by atoms with van der Waals surface area (Å²) in [5, 5.41) is 7.19. The van der Waals surface area contributed by atoms with E-state index in [1.807, 2.05) is 0 Å². The van der Waals surface area contributed by atoms with E-state index in [0.717, 1.165) is 0 Å². The van der Waals surface area contributed by atoms with E-state index >= 15 is 0 Å². The maximum absolute atomic E-state index is 13.8. The topological polar surface area (TPSA) is 65.4 Å². The first-order valence-electron chi connectivity index (χ1n) is 9.72. The van der Waals surface area contributed by atoms with E-state index < -0.39 is 24.3 Å². The van der Waals surface area contributed by atoms with Crippen LogP contribution in [0.1, 0.15) is 22.5 Å². The highest BCUT2D eigenvalue weighted by Gasteiger charge is 2.31. The van der Waals surface area contributed by atoms with Crippen molar-refractivity contribution in [2.75, 3.05) is 0 Å². The van der Waals surface area contributed by atoms with Crippen molar-refractivity contribution in [3.63, 3.8) is 0 Å². The molecule has 1 aromatic heterocycles. The largest absolute Gasteiger partial charge is 0.475 e. The van der Waals surface area contributed by atoms with Gasteiger partial charge in [-0.3, -0.25) is 9.48 Å². The number of allylic oxidation sites excluding steroid dienone is 2. The molecule has 0 aliphatic carbocycles. The van der Waals surface area contributed by atoms with Gasteiger partial charge in [-0.25, -0.2) is 8.78 Å². The molecule has 0 fully saturated rings. The Labute approximate surface area is 198 Å². The SMILES string of the molecule is Cn1nc(C(F)F)c(C(=O)NC2C=CC=CO2)c1-c1ccccc1Oc1ccc(Cl)cc1Cl. The third kappa shape index (κ3) is 4.86. The summed E-state index contributed by atoms with van der Waals surface area (Å²) in [6, 6.07) is 11.4. The van der Waals surface area contributed by atoms with Gasteiger partial charge < -0.3 is 14.8 Å². The molecule has 6 nitrogen and oxygen atoms in total. The zero-order chi connectivity index (χ0) is 23.5. The number of carbonyl (C=O) groups excluding carboxylic acids is 1.